The van der Waals surface area contributed by atoms with Gasteiger partial charge in [-0.1, -0.05) is 19.8 Å². The van der Waals surface area contributed by atoms with E-state index in [2.05, 4.69) is 12.2 Å². The molecule has 4 nitrogen and oxygen atoms in total. The summed E-state index contributed by atoms with van der Waals surface area (Å²) in [6, 6.07) is 0. The Morgan fingerprint density at radius 3 is 2.47 bits per heavy atom. The molecule has 0 radical (unpaired) electrons. The Labute approximate surface area is 91.4 Å². The van der Waals surface area contributed by atoms with E-state index in [0.29, 0.717) is 13.2 Å². The van der Waals surface area contributed by atoms with Crippen molar-refractivity contribution in [2.24, 2.45) is 0 Å². The van der Waals surface area contributed by atoms with Gasteiger partial charge in [0.25, 0.3) is 0 Å². The number of hydrogen-bond donors (Lipinski definition) is 1. The van der Waals surface area contributed by atoms with Crippen molar-refractivity contribution < 1.29 is 14.3 Å². The van der Waals surface area contributed by atoms with Gasteiger partial charge in [0.05, 0.1) is 13.0 Å². The number of carbonyl (C=O) groups excluding carboxylic acids is 2. The molecule has 0 saturated carbocycles. The van der Waals surface area contributed by atoms with E-state index in [1.807, 2.05) is 0 Å². The molecule has 0 spiro atoms. The number of unbranched alkanes of at least 4 members (excludes halogenated alkanes) is 2. The van der Waals surface area contributed by atoms with E-state index >= 15 is 0 Å². The molecule has 88 valence electrons. The molecule has 0 unspecified atom stereocenters. The number of carbonyl (C=O) groups is 2. The van der Waals surface area contributed by atoms with E-state index in [1.54, 1.807) is 6.92 Å². The van der Waals surface area contributed by atoms with E-state index in [0.717, 1.165) is 19.3 Å². The largest absolute Gasteiger partial charge is 0.466 e. The van der Waals surface area contributed by atoms with E-state index in [9.17, 15) is 9.59 Å². The third kappa shape index (κ3) is 9.25. The summed E-state index contributed by atoms with van der Waals surface area (Å²) in [5.74, 6) is -0.375. The van der Waals surface area contributed by atoms with Gasteiger partial charge in [-0.2, -0.15) is 0 Å². The molecule has 0 bridgehead atoms. The van der Waals surface area contributed by atoms with Crippen LogP contribution in [0.4, 0.5) is 0 Å². The molecule has 1 N–H and O–H groups in total. The van der Waals surface area contributed by atoms with E-state index in [-0.39, 0.29) is 24.7 Å². The first-order valence-electron chi connectivity index (χ1n) is 5.63. The molecule has 1 amide bonds. The van der Waals surface area contributed by atoms with Gasteiger partial charge in [-0.25, -0.2) is 0 Å². The van der Waals surface area contributed by atoms with Crippen molar-refractivity contribution >= 4 is 11.9 Å². The molecule has 0 fully saturated rings. The molecule has 0 aliphatic carbocycles. The van der Waals surface area contributed by atoms with Gasteiger partial charge in [0.1, 0.15) is 0 Å². The molecule has 0 saturated heterocycles. The van der Waals surface area contributed by atoms with Gasteiger partial charge >= 0.3 is 5.97 Å². The fourth-order valence-electron chi connectivity index (χ4n) is 1.14. The summed E-state index contributed by atoms with van der Waals surface area (Å²) in [5, 5.41) is 2.77. The van der Waals surface area contributed by atoms with Gasteiger partial charge in [0.2, 0.25) is 5.91 Å². The third-order valence-electron chi connectivity index (χ3n) is 1.96. The van der Waals surface area contributed by atoms with Crippen molar-refractivity contribution in [2.45, 2.75) is 46.0 Å². The number of amides is 1. The maximum atomic E-state index is 11.2. The van der Waals surface area contributed by atoms with Gasteiger partial charge in [-0.05, 0) is 13.3 Å². The van der Waals surface area contributed by atoms with Crippen molar-refractivity contribution in [2.75, 3.05) is 13.2 Å². The average molecular weight is 215 g/mol. The Hall–Kier alpha value is -1.06. The molecule has 0 aliphatic heterocycles. The number of hydrogen-bond acceptors (Lipinski definition) is 3. The number of ether oxygens (including phenoxy) is 1. The summed E-state index contributed by atoms with van der Waals surface area (Å²) in [4.78, 5) is 22.1. The summed E-state index contributed by atoms with van der Waals surface area (Å²) < 4.78 is 4.72. The number of rotatable bonds is 8. The molecule has 0 aromatic heterocycles. The van der Waals surface area contributed by atoms with Crippen molar-refractivity contribution in [1.29, 1.82) is 0 Å². The van der Waals surface area contributed by atoms with E-state index in [1.165, 1.54) is 0 Å². The first-order valence-corrected chi connectivity index (χ1v) is 5.63. The van der Waals surface area contributed by atoms with Gasteiger partial charge in [-0.15, -0.1) is 0 Å². The first kappa shape index (κ1) is 13.9. The highest BCUT2D eigenvalue weighted by molar-refractivity contribution is 5.81. The Bertz CT molecular complexity index is 192. The minimum atomic E-state index is -0.304. The highest BCUT2D eigenvalue weighted by Gasteiger charge is 2.06. The highest BCUT2D eigenvalue weighted by Crippen LogP contribution is 1.94. The van der Waals surface area contributed by atoms with Crippen LogP contribution in [0.1, 0.15) is 46.0 Å². The summed E-state index contributed by atoms with van der Waals surface area (Å²) in [6.45, 7) is 4.94. The zero-order valence-corrected chi connectivity index (χ0v) is 9.67. The highest BCUT2D eigenvalue weighted by atomic mass is 16.5. The third-order valence-corrected chi connectivity index (χ3v) is 1.96. The van der Waals surface area contributed by atoms with Crippen LogP contribution < -0.4 is 5.32 Å². The molecule has 0 heterocycles. The topological polar surface area (TPSA) is 55.4 Å². The second-order valence-corrected chi connectivity index (χ2v) is 3.36. The molecular formula is C11H21NO3. The summed E-state index contributed by atoms with van der Waals surface area (Å²) in [5.41, 5.74) is 0. The van der Waals surface area contributed by atoms with Crippen LogP contribution in [0, 0.1) is 0 Å². The molecule has 4 heteroatoms. The number of esters is 1. The summed E-state index contributed by atoms with van der Waals surface area (Å²) >= 11 is 0. The Kier molecular flexibility index (Phi) is 8.82. The van der Waals surface area contributed by atoms with Gasteiger partial charge in [-0.3, -0.25) is 9.59 Å². The van der Waals surface area contributed by atoms with Crippen LogP contribution in [-0.2, 0) is 14.3 Å². The summed E-state index contributed by atoms with van der Waals surface area (Å²) in [7, 11) is 0. The predicted molar refractivity (Wildman–Crippen MR) is 58.4 cm³/mol. The second kappa shape index (κ2) is 9.49. The molecule has 0 aromatic rings. The molecule has 0 aliphatic rings. The van der Waals surface area contributed by atoms with Crippen LogP contribution in [0.15, 0.2) is 0 Å². The standard InChI is InChI=1S/C11H21NO3/c1-3-5-6-9-12-10(13)7-8-11(14)15-4-2/h3-9H2,1-2H3,(H,12,13). The van der Waals surface area contributed by atoms with Gasteiger partial charge in [0.15, 0.2) is 0 Å². The second-order valence-electron chi connectivity index (χ2n) is 3.36. The van der Waals surface area contributed by atoms with Crippen LogP contribution in [0.5, 0.6) is 0 Å². The van der Waals surface area contributed by atoms with Crippen molar-refractivity contribution in [3.05, 3.63) is 0 Å². The van der Waals surface area contributed by atoms with Crippen LogP contribution in [0.3, 0.4) is 0 Å². The van der Waals surface area contributed by atoms with Crippen LogP contribution in [0.2, 0.25) is 0 Å². The van der Waals surface area contributed by atoms with Crippen molar-refractivity contribution in [1.82, 2.24) is 5.32 Å². The maximum Gasteiger partial charge on any atom is 0.306 e. The SMILES string of the molecule is CCCCCNC(=O)CCC(=O)OCC. The van der Waals surface area contributed by atoms with Crippen molar-refractivity contribution in [3.8, 4) is 0 Å². The quantitative estimate of drug-likeness (QED) is 0.494. The van der Waals surface area contributed by atoms with Crippen LogP contribution in [0.25, 0.3) is 0 Å². The van der Waals surface area contributed by atoms with Crippen LogP contribution in [-0.4, -0.2) is 25.0 Å². The molecule has 0 atom stereocenters. The first-order chi connectivity index (χ1) is 7.20. The lowest BCUT2D eigenvalue weighted by Crippen LogP contribution is -2.25. The normalized spacial score (nSPS) is 9.73. The molecule has 0 aromatic carbocycles. The zero-order chi connectivity index (χ0) is 11.5. The lowest BCUT2D eigenvalue weighted by Gasteiger charge is -2.04. The van der Waals surface area contributed by atoms with Gasteiger partial charge in [0, 0.05) is 13.0 Å². The lowest BCUT2D eigenvalue weighted by atomic mass is 10.2. The minimum Gasteiger partial charge on any atom is -0.466 e. The smallest absolute Gasteiger partial charge is 0.306 e. The monoisotopic (exact) mass is 215 g/mol. The minimum absolute atomic E-state index is 0.0702. The van der Waals surface area contributed by atoms with Crippen molar-refractivity contribution in [3.63, 3.8) is 0 Å². The fraction of sp³-hybridized carbons (Fsp3) is 0.818. The zero-order valence-electron chi connectivity index (χ0n) is 9.67. The summed E-state index contributed by atoms with van der Waals surface area (Å²) in [6.07, 6.45) is 3.66. The number of nitrogens with one attached hydrogen (secondary N) is 1. The van der Waals surface area contributed by atoms with E-state index in [4.69, 9.17) is 4.74 Å². The maximum absolute atomic E-state index is 11.2. The predicted octanol–water partition coefficient (Wildman–Crippen LogP) is 1.64. The average Bonchev–Trinajstić information content (AvgIpc) is 2.22. The Morgan fingerprint density at radius 1 is 1.13 bits per heavy atom. The van der Waals surface area contributed by atoms with Gasteiger partial charge < -0.3 is 10.1 Å². The lowest BCUT2D eigenvalue weighted by molar-refractivity contribution is -0.144. The molecular weight excluding hydrogens is 194 g/mol. The van der Waals surface area contributed by atoms with E-state index < -0.39 is 0 Å². The Morgan fingerprint density at radius 2 is 1.87 bits per heavy atom. The molecule has 15 heavy (non-hydrogen) atoms. The Balaban J connectivity index is 3.36. The van der Waals surface area contributed by atoms with Crippen LogP contribution >= 0.6 is 0 Å². The molecule has 0 rings (SSSR count). The fourth-order valence-corrected chi connectivity index (χ4v) is 1.14.